The summed E-state index contributed by atoms with van der Waals surface area (Å²) in [6.07, 6.45) is 3.54. The minimum Gasteiger partial charge on any atom is -0.497 e. The summed E-state index contributed by atoms with van der Waals surface area (Å²) in [7, 11) is 1.70. The number of aryl methyl sites for hydroxylation is 1. The zero-order chi connectivity index (χ0) is 14.7. The first-order valence-corrected chi connectivity index (χ1v) is 7.73. The van der Waals surface area contributed by atoms with Crippen LogP contribution in [0.2, 0.25) is 0 Å². The first-order chi connectivity index (χ1) is 10.3. The lowest BCUT2D eigenvalue weighted by Gasteiger charge is -2.28. The van der Waals surface area contributed by atoms with Crippen molar-refractivity contribution >= 4 is 0 Å². The molecule has 110 valence electrons. The van der Waals surface area contributed by atoms with Gasteiger partial charge in [-0.15, -0.1) is 0 Å². The highest BCUT2D eigenvalue weighted by Gasteiger charge is 2.19. The van der Waals surface area contributed by atoms with Gasteiger partial charge in [0.2, 0.25) is 0 Å². The Morgan fingerprint density at radius 2 is 1.76 bits per heavy atom. The molecule has 0 radical (unpaired) electrons. The molecular weight excluding hydrogens is 258 g/mol. The van der Waals surface area contributed by atoms with E-state index in [9.17, 15) is 0 Å². The summed E-state index contributed by atoms with van der Waals surface area (Å²) in [6.45, 7) is 2.24. The molecule has 0 fully saturated rings. The molecule has 0 saturated carbocycles. The van der Waals surface area contributed by atoms with Crippen LogP contribution in [0.25, 0.3) is 0 Å². The number of hydrogen-bond acceptors (Lipinski definition) is 2. The molecule has 21 heavy (non-hydrogen) atoms. The molecular formula is C19H23NO. The lowest BCUT2D eigenvalue weighted by atomic mass is 9.88. The van der Waals surface area contributed by atoms with Crippen LogP contribution in [0.15, 0.2) is 48.5 Å². The van der Waals surface area contributed by atoms with E-state index in [0.717, 1.165) is 12.2 Å². The van der Waals surface area contributed by atoms with Gasteiger partial charge in [0, 0.05) is 12.1 Å². The fraction of sp³-hybridized carbons (Fsp3) is 0.368. The van der Waals surface area contributed by atoms with Gasteiger partial charge >= 0.3 is 0 Å². The van der Waals surface area contributed by atoms with Gasteiger partial charge < -0.3 is 10.1 Å². The molecule has 2 aromatic rings. The fourth-order valence-corrected chi connectivity index (χ4v) is 3.18. The molecule has 1 aliphatic carbocycles. The summed E-state index contributed by atoms with van der Waals surface area (Å²) in [5.74, 6) is 0.914. The Morgan fingerprint density at radius 3 is 2.48 bits per heavy atom. The van der Waals surface area contributed by atoms with Crippen LogP contribution in [0.4, 0.5) is 0 Å². The van der Waals surface area contributed by atoms with Gasteiger partial charge in [-0.2, -0.15) is 0 Å². The van der Waals surface area contributed by atoms with E-state index in [1.807, 2.05) is 12.1 Å². The van der Waals surface area contributed by atoms with Crippen molar-refractivity contribution in [3.8, 4) is 5.75 Å². The van der Waals surface area contributed by atoms with E-state index in [1.54, 1.807) is 7.11 Å². The molecule has 0 saturated heterocycles. The number of fused-ring (bicyclic) bond motifs is 1. The van der Waals surface area contributed by atoms with E-state index in [1.165, 1.54) is 29.5 Å². The largest absolute Gasteiger partial charge is 0.497 e. The molecule has 2 heteroatoms. The highest BCUT2D eigenvalue weighted by atomic mass is 16.5. The summed E-state index contributed by atoms with van der Waals surface area (Å²) in [5, 5.41) is 3.77. The van der Waals surface area contributed by atoms with Crippen LogP contribution < -0.4 is 10.1 Å². The Balaban J connectivity index is 1.64. The van der Waals surface area contributed by atoms with Crippen molar-refractivity contribution in [1.29, 1.82) is 0 Å². The van der Waals surface area contributed by atoms with Crippen LogP contribution in [0.1, 0.15) is 36.1 Å². The monoisotopic (exact) mass is 281 g/mol. The topological polar surface area (TPSA) is 21.3 Å². The number of methoxy groups -OCH3 is 1. The molecule has 0 bridgehead atoms. The SMILES string of the molecule is COc1ccc([C@H](C)NC2CCc3ccccc3C2)cc1. The lowest BCUT2D eigenvalue weighted by Crippen LogP contribution is -2.36. The van der Waals surface area contributed by atoms with Gasteiger partial charge in [0.25, 0.3) is 0 Å². The van der Waals surface area contributed by atoms with Crippen LogP contribution in [0.3, 0.4) is 0 Å². The van der Waals surface area contributed by atoms with E-state index >= 15 is 0 Å². The Hall–Kier alpha value is -1.80. The van der Waals surface area contributed by atoms with Gasteiger partial charge in [-0.25, -0.2) is 0 Å². The lowest BCUT2D eigenvalue weighted by molar-refractivity contribution is 0.408. The molecule has 0 amide bonds. The molecule has 0 aliphatic heterocycles. The summed E-state index contributed by atoms with van der Waals surface area (Å²) >= 11 is 0. The summed E-state index contributed by atoms with van der Waals surface area (Å²) < 4.78 is 5.22. The van der Waals surface area contributed by atoms with E-state index in [-0.39, 0.29) is 0 Å². The van der Waals surface area contributed by atoms with Crippen LogP contribution in [-0.4, -0.2) is 13.2 Å². The highest BCUT2D eigenvalue weighted by molar-refractivity contribution is 5.31. The van der Waals surface area contributed by atoms with E-state index in [0.29, 0.717) is 12.1 Å². The predicted octanol–water partition coefficient (Wildman–Crippen LogP) is 3.90. The van der Waals surface area contributed by atoms with Crippen molar-refractivity contribution in [3.63, 3.8) is 0 Å². The zero-order valence-electron chi connectivity index (χ0n) is 12.8. The van der Waals surface area contributed by atoms with Gasteiger partial charge in [-0.3, -0.25) is 0 Å². The Kier molecular flexibility index (Phi) is 4.26. The maximum atomic E-state index is 5.22. The van der Waals surface area contributed by atoms with Crippen LogP contribution in [0, 0.1) is 0 Å². The van der Waals surface area contributed by atoms with Gasteiger partial charge in [0.15, 0.2) is 0 Å². The minimum absolute atomic E-state index is 0.367. The fourth-order valence-electron chi connectivity index (χ4n) is 3.18. The second-order valence-corrected chi connectivity index (χ2v) is 5.87. The molecule has 2 nitrogen and oxygen atoms in total. The normalized spacial score (nSPS) is 18.9. The molecule has 2 aromatic carbocycles. The quantitative estimate of drug-likeness (QED) is 0.917. The van der Waals surface area contributed by atoms with Crippen molar-refractivity contribution in [2.75, 3.05) is 7.11 Å². The second-order valence-electron chi connectivity index (χ2n) is 5.87. The summed E-state index contributed by atoms with van der Waals surface area (Å²) in [6, 6.07) is 18.1. The van der Waals surface area contributed by atoms with E-state index < -0.39 is 0 Å². The number of rotatable bonds is 4. The molecule has 0 aromatic heterocycles. The Labute approximate surface area is 127 Å². The molecule has 2 atom stereocenters. The molecule has 1 unspecified atom stereocenters. The third kappa shape index (κ3) is 3.27. The smallest absolute Gasteiger partial charge is 0.118 e. The molecule has 3 rings (SSSR count). The molecule has 0 spiro atoms. The molecule has 1 aliphatic rings. The predicted molar refractivity (Wildman–Crippen MR) is 86.8 cm³/mol. The van der Waals surface area contributed by atoms with Crippen molar-refractivity contribution in [2.45, 2.75) is 38.3 Å². The average molecular weight is 281 g/mol. The summed E-state index contributed by atoms with van der Waals surface area (Å²) in [4.78, 5) is 0. The third-order valence-corrected chi connectivity index (χ3v) is 4.45. The van der Waals surface area contributed by atoms with Crippen molar-refractivity contribution in [3.05, 3.63) is 65.2 Å². The first-order valence-electron chi connectivity index (χ1n) is 7.73. The van der Waals surface area contributed by atoms with Gasteiger partial charge in [-0.1, -0.05) is 36.4 Å². The van der Waals surface area contributed by atoms with Crippen LogP contribution >= 0.6 is 0 Å². The Morgan fingerprint density at radius 1 is 1.05 bits per heavy atom. The number of hydrogen-bond donors (Lipinski definition) is 1. The van der Waals surface area contributed by atoms with Crippen molar-refractivity contribution in [1.82, 2.24) is 5.32 Å². The van der Waals surface area contributed by atoms with Gasteiger partial charge in [-0.05, 0) is 55.0 Å². The highest BCUT2D eigenvalue weighted by Crippen LogP contribution is 2.24. The maximum Gasteiger partial charge on any atom is 0.118 e. The standard InChI is InChI=1S/C19H23NO/c1-14(15-8-11-19(21-2)12-9-15)20-18-10-7-16-5-3-4-6-17(16)13-18/h3-6,8-9,11-12,14,18,20H,7,10,13H2,1-2H3/t14-,18?/m0/s1. The maximum absolute atomic E-state index is 5.22. The van der Waals surface area contributed by atoms with Crippen LogP contribution in [-0.2, 0) is 12.8 Å². The van der Waals surface area contributed by atoms with Gasteiger partial charge in [0.1, 0.15) is 5.75 Å². The van der Waals surface area contributed by atoms with Crippen LogP contribution in [0.5, 0.6) is 5.75 Å². The van der Waals surface area contributed by atoms with E-state index in [2.05, 4.69) is 48.6 Å². The molecule has 1 N–H and O–H groups in total. The van der Waals surface area contributed by atoms with Crippen molar-refractivity contribution < 1.29 is 4.74 Å². The first kappa shape index (κ1) is 14.2. The minimum atomic E-state index is 0.367. The average Bonchev–Trinajstić information content (AvgIpc) is 2.55. The molecule has 0 heterocycles. The summed E-state index contributed by atoms with van der Waals surface area (Å²) in [5.41, 5.74) is 4.34. The second kappa shape index (κ2) is 6.31. The number of nitrogens with one attached hydrogen (secondary N) is 1. The zero-order valence-corrected chi connectivity index (χ0v) is 12.8. The Bertz CT molecular complexity index is 591. The van der Waals surface area contributed by atoms with E-state index in [4.69, 9.17) is 4.74 Å². The number of benzene rings is 2. The third-order valence-electron chi connectivity index (χ3n) is 4.45. The van der Waals surface area contributed by atoms with Gasteiger partial charge in [0.05, 0.1) is 7.11 Å². The van der Waals surface area contributed by atoms with Crippen molar-refractivity contribution in [2.24, 2.45) is 0 Å². The number of ether oxygens (including phenoxy) is 1.